The minimum atomic E-state index is -5.05. The van der Waals surface area contributed by atoms with E-state index in [2.05, 4.69) is 4.98 Å². The minimum Gasteiger partial charge on any atom is -0.496 e. The number of hydrogen-bond acceptors (Lipinski definition) is 5. The van der Waals surface area contributed by atoms with E-state index in [-0.39, 0.29) is 6.54 Å². The van der Waals surface area contributed by atoms with E-state index in [1.807, 2.05) is 0 Å². The first-order valence-electron chi connectivity index (χ1n) is 7.76. The number of alkyl halides is 3. The van der Waals surface area contributed by atoms with Gasteiger partial charge in [-0.25, -0.2) is 4.98 Å². The van der Waals surface area contributed by atoms with Gasteiger partial charge in [0.25, 0.3) is 0 Å². The lowest BCUT2D eigenvalue weighted by Crippen LogP contribution is -2.46. The lowest BCUT2D eigenvalue weighted by molar-refractivity contribution is -0.268. The van der Waals surface area contributed by atoms with Crippen LogP contribution in [0, 0.1) is 6.92 Å². The average molecular weight is 423 g/mol. The smallest absolute Gasteiger partial charge is 0.424 e. The lowest BCUT2D eigenvalue weighted by atomic mass is 9.98. The highest BCUT2D eigenvalue weighted by molar-refractivity contribution is 7.09. The third kappa shape index (κ3) is 4.72. The standard InChI is InChI=1S/C17H18ClF3N2O3S/c1-10-9-27-15(22-10)16(25,17(19,20)21)7-14(24)23(2)8-11-6-12(18)4-5-13(11)26-3/h4-6,9,25H,7-8H2,1-3H3. The molecule has 0 radical (unpaired) electrons. The molecule has 0 aliphatic heterocycles. The summed E-state index contributed by atoms with van der Waals surface area (Å²) in [5.74, 6) is -0.453. The van der Waals surface area contributed by atoms with E-state index in [1.54, 1.807) is 18.2 Å². The molecule has 0 aliphatic carbocycles. The number of carbonyl (C=O) groups is 1. The van der Waals surface area contributed by atoms with Crippen LogP contribution in [-0.2, 0) is 16.9 Å². The molecule has 0 spiro atoms. The molecule has 0 saturated heterocycles. The summed E-state index contributed by atoms with van der Waals surface area (Å²) in [5.41, 5.74) is -2.49. The molecule has 2 rings (SSSR count). The summed E-state index contributed by atoms with van der Waals surface area (Å²) in [6.45, 7) is 1.48. The number of aryl methyl sites for hydroxylation is 1. The van der Waals surface area contributed by atoms with Crippen molar-refractivity contribution >= 4 is 28.8 Å². The summed E-state index contributed by atoms with van der Waals surface area (Å²) < 4.78 is 45.8. The zero-order valence-electron chi connectivity index (χ0n) is 14.8. The van der Waals surface area contributed by atoms with Crippen molar-refractivity contribution in [2.24, 2.45) is 0 Å². The number of ether oxygens (including phenoxy) is 1. The van der Waals surface area contributed by atoms with Gasteiger partial charge in [0.2, 0.25) is 11.5 Å². The van der Waals surface area contributed by atoms with Crippen molar-refractivity contribution < 1.29 is 27.8 Å². The van der Waals surface area contributed by atoms with Crippen LogP contribution in [0.25, 0.3) is 0 Å². The summed E-state index contributed by atoms with van der Waals surface area (Å²) in [6, 6.07) is 4.75. The molecule has 10 heteroatoms. The van der Waals surface area contributed by atoms with Gasteiger partial charge in [0.15, 0.2) is 0 Å². The second-order valence-electron chi connectivity index (χ2n) is 6.03. The molecule has 0 fully saturated rings. The van der Waals surface area contributed by atoms with E-state index >= 15 is 0 Å². The Balaban J connectivity index is 2.24. The number of amides is 1. The normalized spacial score (nSPS) is 13.9. The Morgan fingerprint density at radius 2 is 2.07 bits per heavy atom. The molecule has 1 aromatic carbocycles. The number of thiazole rings is 1. The van der Waals surface area contributed by atoms with Gasteiger partial charge < -0.3 is 14.7 Å². The Labute approximate surface area is 163 Å². The quantitative estimate of drug-likeness (QED) is 0.766. The van der Waals surface area contributed by atoms with Gasteiger partial charge in [0.1, 0.15) is 10.8 Å². The number of hydrogen-bond donors (Lipinski definition) is 1. The molecule has 1 atom stereocenters. The predicted octanol–water partition coefficient (Wildman–Crippen LogP) is 3.91. The largest absolute Gasteiger partial charge is 0.496 e. The van der Waals surface area contributed by atoms with E-state index in [1.165, 1.54) is 26.5 Å². The number of rotatable bonds is 6. The molecule has 1 amide bonds. The summed E-state index contributed by atoms with van der Waals surface area (Å²) in [6.07, 6.45) is -6.23. The van der Waals surface area contributed by atoms with Gasteiger partial charge in [0.05, 0.1) is 13.5 Å². The highest BCUT2D eigenvalue weighted by Crippen LogP contribution is 2.43. The molecule has 0 bridgehead atoms. The van der Waals surface area contributed by atoms with Gasteiger partial charge in [-0.15, -0.1) is 11.3 Å². The highest BCUT2D eigenvalue weighted by atomic mass is 35.5. The van der Waals surface area contributed by atoms with Crippen molar-refractivity contribution in [3.63, 3.8) is 0 Å². The molecule has 5 nitrogen and oxygen atoms in total. The molecule has 1 N–H and O–H groups in total. The lowest BCUT2D eigenvalue weighted by Gasteiger charge is -2.30. The molecule has 0 saturated carbocycles. The first kappa shape index (κ1) is 21.5. The van der Waals surface area contributed by atoms with E-state index in [0.717, 1.165) is 4.90 Å². The molecule has 2 aromatic rings. The molecule has 0 aliphatic rings. The monoisotopic (exact) mass is 422 g/mol. The fourth-order valence-corrected chi connectivity index (χ4v) is 3.52. The van der Waals surface area contributed by atoms with Crippen molar-refractivity contribution in [2.75, 3.05) is 14.2 Å². The van der Waals surface area contributed by atoms with Gasteiger partial charge in [-0.05, 0) is 25.1 Å². The van der Waals surface area contributed by atoms with E-state index in [9.17, 15) is 23.1 Å². The highest BCUT2D eigenvalue weighted by Gasteiger charge is 2.58. The number of benzene rings is 1. The number of aromatic nitrogens is 1. The zero-order chi connectivity index (χ0) is 20.4. The van der Waals surface area contributed by atoms with Crippen molar-refractivity contribution in [1.82, 2.24) is 9.88 Å². The number of carbonyl (C=O) groups excluding carboxylic acids is 1. The van der Waals surface area contributed by atoms with Gasteiger partial charge in [-0.3, -0.25) is 4.79 Å². The Morgan fingerprint density at radius 1 is 1.41 bits per heavy atom. The molecule has 1 unspecified atom stereocenters. The maximum Gasteiger partial charge on any atom is 0.424 e. The number of halogens is 4. The fraction of sp³-hybridized carbons (Fsp3) is 0.412. The van der Waals surface area contributed by atoms with Crippen molar-refractivity contribution in [1.29, 1.82) is 0 Å². The SMILES string of the molecule is COc1ccc(Cl)cc1CN(C)C(=O)CC(O)(c1nc(C)cs1)C(F)(F)F. The number of nitrogens with zero attached hydrogens (tertiary/aromatic N) is 2. The minimum absolute atomic E-state index is 0.0343. The first-order valence-corrected chi connectivity index (χ1v) is 9.02. The number of aliphatic hydroxyl groups is 1. The number of methoxy groups -OCH3 is 1. The Kier molecular flexibility index (Phi) is 6.39. The van der Waals surface area contributed by atoms with Crippen molar-refractivity contribution in [2.45, 2.75) is 31.7 Å². The summed E-state index contributed by atoms with van der Waals surface area (Å²) in [4.78, 5) is 17.2. The van der Waals surface area contributed by atoms with Crippen LogP contribution in [0.5, 0.6) is 5.75 Å². The van der Waals surface area contributed by atoms with Crippen LogP contribution >= 0.6 is 22.9 Å². The maximum atomic E-state index is 13.5. The predicted molar refractivity (Wildman–Crippen MR) is 95.9 cm³/mol. The molecular formula is C17H18ClF3N2O3S. The third-order valence-electron chi connectivity index (χ3n) is 3.92. The second kappa shape index (κ2) is 8.04. The third-order valence-corrected chi connectivity index (χ3v) is 5.27. The van der Waals surface area contributed by atoms with Crippen molar-refractivity contribution in [3.05, 3.63) is 44.9 Å². The van der Waals surface area contributed by atoms with E-state index in [0.29, 0.717) is 33.4 Å². The Bertz CT molecular complexity index is 828. The second-order valence-corrected chi connectivity index (χ2v) is 7.33. The first-order chi connectivity index (χ1) is 12.5. The fourth-order valence-electron chi connectivity index (χ4n) is 2.41. The van der Waals surface area contributed by atoms with Crippen LogP contribution in [-0.4, -0.2) is 41.2 Å². The van der Waals surface area contributed by atoms with Crippen molar-refractivity contribution in [3.8, 4) is 5.75 Å². The maximum absolute atomic E-state index is 13.5. The molecule has 1 aromatic heterocycles. The van der Waals surface area contributed by atoms with Crippen LogP contribution in [0.4, 0.5) is 13.2 Å². The Hall–Kier alpha value is -1.84. The Morgan fingerprint density at radius 3 is 2.59 bits per heavy atom. The summed E-state index contributed by atoms with van der Waals surface area (Å²) in [5, 5.41) is 11.5. The van der Waals surface area contributed by atoms with Gasteiger partial charge in [-0.2, -0.15) is 13.2 Å². The molecule has 148 valence electrons. The van der Waals surface area contributed by atoms with E-state index < -0.39 is 29.1 Å². The van der Waals surface area contributed by atoms with E-state index in [4.69, 9.17) is 16.3 Å². The van der Waals surface area contributed by atoms with Crippen LogP contribution in [0.15, 0.2) is 23.6 Å². The molecular weight excluding hydrogens is 405 g/mol. The topological polar surface area (TPSA) is 62.7 Å². The zero-order valence-corrected chi connectivity index (χ0v) is 16.4. The van der Waals surface area contributed by atoms with Crippen LogP contribution < -0.4 is 4.74 Å². The summed E-state index contributed by atoms with van der Waals surface area (Å²) in [7, 11) is 2.77. The van der Waals surface area contributed by atoms with Gasteiger partial charge >= 0.3 is 6.18 Å². The van der Waals surface area contributed by atoms with Crippen LogP contribution in [0.3, 0.4) is 0 Å². The van der Waals surface area contributed by atoms with Gasteiger partial charge in [-0.1, -0.05) is 11.6 Å². The van der Waals surface area contributed by atoms with Crippen LogP contribution in [0.2, 0.25) is 5.02 Å². The average Bonchev–Trinajstić information content (AvgIpc) is 3.00. The summed E-state index contributed by atoms with van der Waals surface area (Å²) >= 11 is 6.59. The molecule has 27 heavy (non-hydrogen) atoms. The molecule has 1 heterocycles. The van der Waals surface area contributed by atoms with Crippen LogP contribution in [0.1, 0.15) is 22.7 Å². The van der Waals surface area contributed by atoms with Gasteiger partial charge in [0, 0.05) is 35.3 Å².